The number of rotatable bonds is 5. The minimum absolute atomic E-state index is 0.150. The van der Waals surface area contributed by atoms with Gasteiger partial charge in [-0.3, -0.25) is 14.9 Å². The average Bonchev–Trinajstić information content (AvgIpc) is 2.59. The zero-order valence-electron chi connectivity index (χ0n) is 14.1. The van der Waals surface area contributed by atoms with Crippen LogP contribution < -0.4 is 5.32 Å². The van der Waals surface area contributed by atoms with Gasteiger partial charge in [0.25, 0.3) is 0 Å². The predicted molar refractivity (Wildman–Crippen MR) is 94.2 cm³/mol. The van der Waals surface area contributed by atoms with Gasteiger partial charge in [0, 0.05) is 30.7 Å². The van der Waals surface area contributed by atoms with Gasteiger partial charge in [-0.2, -0.15) is 0 Å². The number of aromatic nitrogens is 2. The zero-order valence-corrected chi connectivity index (χ0v) is 14.1. The average molecular weight is 310 g/mol. The molecule has 122 valence electrons. The Balaban J connectivity index is 1.58. The molecule has 0 saturated carbocycles. The highest BCUT2D eigenvalue weighted by molar-refractivity contribution is 5.46. The number of benzene rings is 1. The van der Waals surface area contributed by atoms with Gasteiger partial charge >= 0.3 is 0 Å². The van der Waals surface area contributed by atoms with Gasteiger partial charge in [-0.15, -0.1) is 0 Å². The van der Waals surface area contributed by atoms with Crippen molar-refractivity contribution >= 4 is 5.69 Å². The summed E-state index contributed by atoms with van der Waals surface area (Å²) in [4.78, 5) is 11.1. The van der Waals surface area contributed by atoms with Crippen LogP contribution in [0, 0.1) is 0 Å². The molecule has 0 radical (unpaired) electrons. The van der Waals surface area contributed by atoms with Crippen molar-refractivity contribution in [2.45, 2.75) is 51.7 Å². The van der Waals surface area contributed by atoms with E-state index in [1.165, 1.54) is 31.4 Å². The summed E-state index contributed by atoms with van der Waals surface area (Å²) in [5, 5.41) is 3.48. The molecular formula is C19H26N4. The first-order valence-corrected chi connectivity index (χ1v) is 8.58. The number of anilines is 1. The molecule has 0 amide bonds. The van der Waals surface area contributed by atoms with Crippen LogP contribution in [0.25, 0.3) is 0 Å². The molecule has 1 aromatic carbocycles. The molecule has 0 aliphatic carbocycles. The quantitative estimate of drug-likeness (QED) is 0.905. The van der Waals surface area contributed by atoms with Crippen molar-refractivity contribution < 1.29 is 0 Å². The van der Waals surface area contributed by atoms with E-state index in [0.717, 1.165) is 17.9 Å². The van der Waals surface area contributed by atoms with E-state index in [2.05, 4.69) is 58.3 Å². The van der Waals surface area contributed by atoms with E-state index in [9.17, 15) is 0 Å². The van der Waals surface area contributed by atoms with Gasteiger partial charge < -0.3 is 5.32 Å². The Kier molecular flexibility index (Phi) is 5.23. The van der Waals surface area contributed by atoms with Gasteiger partial charge in [0.05, 0.1) is 17.9 Å². The molecule has 1 N–H and O–H groups in total. The monoisotopic (exact) mass is 310 g/mol. The first kappa shape index (κ1) is 15.9. The van der Waals surface area contributed by atoms with E-state index in [-0.39, 0.29) is 6.04 Å². The molecule has 1 fully saturated rings. The van der Waals surface area contributed by atoms with E-state index >= 15 is 0 Å². The summed E-state index contributed by atoms with van der Waals surface area (Å²) in [6.07, 6.45) is 9.28. The normalized spacial score (nSPS) is 20.2. The van der Waals surface area contributed by atoms with Crippen molar-refractivity contribution in [2.24, 2.45) is 0 Å². The maximum Gasteiger partial charge on any atom is 0.0806 e. The van der Waals surface area contributed by atoms with Crippen molar-refractivity contribution in [3.8, 4) is 0 Å². The van der Waals surface area contributed by atoms with E-state index in [1.807, 2.05) is 6.20 Å². The van der Waals surface area contributed by atoms with Crippen LogP contribution >= 0.6 is 0 Å². The van der Waals surface area contributed by atoms with Gasteiger partial charge in [0.15, 0.2) is 0 Å². The highest BCUT2D eigenvalue weighted by Crippen LogP contribution is 2.21. The number of nitrogens with one attached hydrogen (secondary N) is 1. The molecule has 23 heavy (non-hydrogen) atoms. The van der Waals surface area contributed by atoms with Gasteiger partial charge in [-0.05, 0) is 50.9 Å². The van der Waals surface area contributed by atoms with Crippen molar-refractivity contribution in [1.29, 1.82) is 0 Å². The highest BCUT2D eigenvalue weighted by atomic mass is 15.2. The smallest absolute Gasteiger partial charge is 0.0806 e. The molecule has 2 heterocycles. The van der Waals surface area contributed by atoms with Gasteiger partial charge in [-0.25, -0.2) is 0 Å². The molecule has 1 aliphatic rings. The lowest BCUT2D eigenvalue weighted by Gasteiger charge is -2.33. The fourth-order valence-corrected chi connectivity index (χ4v) is 3.19. The standard InChI is InChI=1S/C19H26N4/c1-15-5-3-4-12-23(15)14-17-6-8-18(9-7-17)22-16(2)19-13-20-10-11-21-19/h6-11,13,15-16,22H,3-5,12,14H2,1-2H3. The third-order valence-electron chi connectivity index (χ3n) is 4.69. The Bertz CT molecular complexity index is 597. The number of hydrogen-bond donors (Lipinski definition) is 1. The summed E-state index contributed by atoms with van der Waals surface area (Å²) in [6.45, 7) is 6.73. The lowest BCUT2D eigenvalue weighted by atomic mass is 10.0. The molecule has 4 heteroatoms. The van der Waals surface area contributed by atoms with E-state index < -0.39 is 0 Å². The molecular weight excluding hydrogens is 284 g/mol. The van der Waals surface area contributed by atoms with Gasteiger partial charge in [0.2, 0.25) is 0 Å². The lowest BCUT2D eigenvalue weighted by Crippen LogP contribution is -2.36. The number of nitrogens with zero attached hydrogens (tertiary/aromatic N) is 3. The molecule has 1 aliphatic heterocycles. The third-order valence-corrected chi connectivity index (χ3v) is 4.69. The van der Waals surface area contributed by atoms with Crippen molar-refractivity contribution in [3.05, 3.63) is 54.1 Å². The summed E-state index contributed by atoms with van der Waals surface area (Å²) in [6, 6.07) is 9.64. The Morgan fingerprint density at radius 2 is 2.04 bits per heavy atom. The maximum atomic E-state index is 4.35. The highest BCUT2D eigenvalue weighted by Gasteiger charge is 2.18. The van der Waals surface area contributed by atoms with Crippen molar-refractivity contribution in [2.75, 3.05) is 11.9 Å². The minimum Gasteiger partial charge on any atom is -0.377 e. The fraction of sp³-hybridized carbons (Fsp3) is 0.474. The van der Waals surface area contributed by atoms with Crippen LogP contribution in [0.2, 0.25) is 0 Å². The van der Waals surface area contributed by atoms with Gasteiger partial charge in [-0.1, -0.05) is 18.6 Å². The van der Waals surface area contributed by atoms with E-state index in [0.29, 0.717) is 6.04 Å². The molecule has 2 unspecified atom stereocenters. The molecule has 4 nitrogen and oxygen atoms in total. The Labute approximate surface area is 139 Å². The molecule has 2 atom stereocenters. The van der Waals surface area contributed by atoms with Crippen molar-refractivity contribution in [3.63, 3.8) is 0 Å². The molecule has 1 saturated heterocycles. The molecule has 0 bridgehead atoms. The molecule has 0 spiro atoms. The second-order valence-corrected chi connectivity index (χ2v) is 6.51. The lowest BCUT2D eigenvalue weighted by molar-refractivity contribution is 0.152. The van der Waals surface area contributed by atoms with Crippen LogP contribution in [0.15, 0.2) is 42.9 Å². The van der Waals surface area contributed by atoms with Crippen LogP contribution in [-0.4, -0.2) is 27.5 Å². The van der Waals surface area contributed by atoms with Crippen LogP contribution in [0.4, 0.5) is 5.69 Å². The molecule has 2 aromatic rings. The van der Waals surface area contributed by atoms with Crippen LogP contribution in [0.3, 0.4) is 0 Å². The SMILES string of the molecule is CC(Nc1ccc(CN2CCCCC2C)cc1)c1cnccn1. The minimum atomic E-state index is 0.150. The topological polar surface area (TPSA) is 41.0 Å². The number of likely N-dealkylation sites (tertiary alicyclic amines) is 1. The summed E-state index contributed by atoms with van der Waals surface area (Å²) in [7, 11) is 0. The largest absolute Gasteiger partial charge is 0.377 e. The second-order valence-electron chi connectivity index (χ2n) is 6.51. The van der Waals surface area contributed by atoms with Crippen LogP contribution in [0.5, 0.6) is 0 Å². The summed E-state index contributed by atoms with van der Waals surface area (Å²) < 4.78 is 0. The van der Waals surface area contributed by atoms with E-state index in [1.54, 1.807) is 12.4 Å². The number of hydrogen-bond acceptors (Lipinski definition) is 4. The molecule has 1 aromatic heterocycles. The van der Waals surface area contributed by atoms with Gasteiger partial charge in [0.1, 0.15) is 0 Å². The predicted octanol–water partition coefficient (Wildman–Crippen LogP) is 4.02. The Morgan fingerprint density at radius 3 is 2.74 bits per heavy atom. The first-order chi connectivity index (χ1) is 11.2. The van der Waals surface area contributed by atoms with Crippen LogP contribution in [0.1, 0.15) is 50.4 Å². The van der Waals surface area contributed by atoms with Crippen LogP contribution in [-0.2, 0) is 6.54 Å². The Hall–Kier alpha value is -1.94. The summed E-state index contributed by atoms with van der Waals surface area (Å²) in [5.74, 6) is 0. The summed E-state index contributed by atoms with van der Waals surface area (Å²) >= 11 is 0. The summed E-state index contributed by atoms with van der Waals surface area (Å²) in [5.41, 5.74) is 3.47. The third kappa shape index (κ3) is 4.29. The fourth-order valence-electron chi connectivity index (χ4n) is 3.19. The second kappa shape index (κ2) is 7.55. The zero-order chi connectivity index (χ0) is 16.1. The Morgan fingerprint density at radius 1 is 1.22 bits per heavy atom. The van der Waals surface area contributed by atoms with E-state index in [4.69, 9.17) is 0 Å². The maximum absolute atomic E-state index is 4.35. The first-order valence-electron chi connectivity index (χ1n) is 8.58. The van der Waals surface area contributed by atoms with Crippen molar-refractivity contribution in [1.82, 2.24) is 14.9 Å². The number of piperidine rings is 1. The molecule has 3 rings (SSSR count).